The fourth-order valence-electron chi connectivity index (χ4n) is 3.55. The number of carbonyl (C=O) groups is 1. The van der Waals surface area contributed by atoms with Gasteiger partial charge in [0.2, 0.25) is 0 Å². The van der Waals surface area contributed by atoms with Crippen LogP contribution in [0.4, 0.5) is 30.7 Å². The molecule has 1 saturated carbocycles. The number of hydrogen-bond donors (Lipinski definition) is 1. The van der Waals surface area contributed by atoms with Crippen molar-refractivity contribution in [3.63, 3.8) is 0 Å². The molecule has 1 aliphatic rings. The molecule has 3 rings (SSSR count). The molecule has 1 aromatic carbocycles. The summed E-state index contributed by atoms with van der Waals surface area (Å²) < 4.78 is 140. The average molecular weight is 562 g/mol. The van der Waals surface area contributed by atoms with Crippen molar-refractivity contribution in [3.05, 3.63) is 53.1 Å². The number of nitrogens with one attached hydrogen (secondary N) is 1. The number of benzene rings is 1. The summed E-state index contributed by atoms with van der Waals surface area (Å²) >= 11 is 0. The smallest absolute Gasteiger partial charge is 0.350 e. The normalized spacial score (nSPS) is 19.0. The van der Waals surface area contributed by atoms with Crippen LogP contribution in [-0.2, 0) is 32.0 Å². The molecule has 0 atom stereocenters. The van der Waals surface area contributed by atoms with E-state index in [4.69, 9.17) is 0 Å². The molecule has 0 saturated heterocycles. The van der Waals surface area contributed by atoms with Gasteiger partial charge in [-0.1, -0.05) is 0 Å². The van der Waals surface area contributed by atoms with Crippen LogP contribution in [0.3, 0.4) is 0 Å². The SMILES string of the molecule is CS(=O)(=O)c1cc(C(F)(F)F)cnc1C(=O)NC[C@H]1C[C@H](S(=O)(=O)c2cc(F)cc(C(F)(F)F)c2)C1. The minimum atomic E-state index is -4.96. The molecule has 0 aliphatic heterocycles. The van der Waals surface area contributed by atoms with Gasteiger partial charge in [0.15, 0.2) is 19.7 Å². The van der Waals surface area contributed by atoms with Crippen molar-refractivity contribution in [2.45, 2.75) is 40.2 Å². The summed E-state index contributed by atoms with van der Waals surface area (Å²) in [5.74, 6) is -2.99. The Morgan fingerprint density at radius 2 is 1.56 bits per heavy atom. The number of amides is 1. The molecule has 0 spiro atoms. The number of alkyl halides is 6. The average Bonchev–Trinajstić information content (AvgIpc) is 2.69. The van der Waals surface area contributed by atoms with Gasteiger partial charge in [-0.25, -0.2) is 26.2 Å². The number of hydrogen-bond acceptors (Lipinski definition) is 6. The van der Waals surface area contributed by atoms with E-state index >= 15 is 0 Å². The van der Waals surface area contributed by atoms with Gasteiger partial charge in [0.1, 0.15) is 11.5 Å². The Labute approximate surface area is 200 Å². The van der Waals surface area contributed by atoms with Gasteiger partial charge in [0.05, 0.1) is 26.2 Å². The van der Waals surface area contributed by atoms with Crippen LogP contribution in [0.2, 0.25) is 0 Å². The van der Waals surface area contributed by atoms with Crippen LogP contribution in [0.5, 0.6) is 0 Å². The second-order valence-electron chi connectivity index (χ2n) is 8.23. The summed E-state index contributed by atoms with van der Waals surface area (Å²) in [6.07, 6.45) is -9.20. The van der Waals surface area contributed by atoms with E-state index in [-0.39, 0.29) is 31.5 Å². The first-order valence-corrected chi connectivity index (χ1v) is 13.4. The van der Waals surface area contributed by atoms with Crippen molar-refractivity contribution in [3.8, 4) is 0 Å². The van der Waals surface area contributed by atoms with E-state index in [1.165, 1.54) is 0 Å². The van der Waals surface area contributed by atoms with E-state index < -0.39 is 81.5 Å². The van der Waals surface area contributed by atoms with E-state index in [2.05, 4.69) is 10.3 Å². The summed E-state index contributed by atoms with van der Waals surface area (Å²) in [4.78, 5) is 13.9. The summed E-state index contributed by atoms with van der Waals surface area (Å²) in [7, 11) is -8.61. The first kappa shape index (κ1) is 27.8. The lowest BCUT2D eigenvalue weighted by Gasteiger charge is -2.35. The largest absolute Gasteiger partial charge is 0.417 e. The molecule has 16 heteroatoms. The van der Waals surface area contributed by atoms with Crippen molar-refractivity contribution >= 4 is 25.6 Å². The number of rotatable bonds is 6. The summed E-state index contributed by atoms with van der Waals surface area (Å²) in [6.45, 7) is -0.215. The summed E-state index contributed by atoms with van der Waals surface area (Å²) in [5, 5.41) is 1.12. The molecule has 7 nitrogen and oxygen atoms in total. The minimum Gasteiger partial charge on any atom is -0.350 e. The first-order valence-electron chi connectivity index (χ1n) is 9.97. The third-order valence-corrected chi connectivity index (χ3v) is 8.77. The second kappa shape index (κ2) is 9.28. The Morgan fingerprint density at radius 3 is 2.08 bits per heavy atom. The summed E-state index contributed by atoms with van der Waals surface area (Å²) in [6, 6.07) is 1.24. The van der Waals surface area contributed by atoms with Crippen LogP contribution < -0.4 is 5.32 Å². The van der Waals surface area contributed by atoms with E-state index in [9.17, 15) is 52.4 Å². The van der Waals surface area contributed by atoms with Crippen molar-refractivity contribution in [2.75, 3.05) is 12.8 Å². The van der Waals surface area contributed by atoms with Crippen molar-refractivity contribution in [2.24, 2.45) is 5.92 Å². The van der Waals surface area contributed by atoms with E-state index in [0.29, 0.717) is 24.6 Å². The van der Waals surface area contributed by atoms with Gasteiger partial charge >= 0.3 is 12.4 Å². The van der Waals surface area contributed by atoms with E-state index in [1.54, 1.807) is 0 Å². The number of sulfone groups is 2. The number of pyridine rings is 1. The van der Waals surface area contributed by atoms with Gasteiger partial charge in [0.25, 0.3) is 5.91 Å². The molecule has 1 heterocycles. The van der Waals surface area contributed by atoms with Crippen LogP contribution >= 0.6 is 0 Å². The van der Waals surface area contributed by atoms with Crippen LogP contribution in [0.15, 0.2) is 40.3 Å². The predicted molar refractivity (Wildman–Crippen MR) is 110 cm³/mol. The van der Waals surface area contributed by atoms with Crippen LogP contribution in [-0.4, -0.2) is 45.8 Å². The molecule has 2 aromatic rings. The quantitative estimate of drug-likeness (QED) is 0.539. The molecule has 36 heavy (non-hydrogen) atoms. The molecule has 198 valence electrons. The van der Waals surface area contributed by atoms with Crippen molar-refractivity contribution in [1.82, 2.24) is 10.3 Å². The molecule has 0 unspecified atom stereocenters. The fraction of sp³-hybridized carbons (Fsp3) is 0.400. The lowest BCUT2D eigenvalue weighted by Crippen LogP contribution is -2.42. The highest BCUT2D eigenvalue weighted by Crippen LogP contribution is 2.38. The van der Waals surface area contributed by atoms with Gasteiger partial charge < -0.3 is 5.32 Å². The zero-order valence-corrected chi connectivity index (χ0v) is 19.7. The zero-order valence-electron chi connectivity index (χ0n) is 18.1. The Bertz CT molecular complexity index is 1400. The minimum absolute atomic E-state index is 0.111. The fourth-order valence-corrected chi connectivity index (χ4v) is 6.39. The molecule has 1 aromatic heterocycles. The highest BCUT2D eigenvalue weighted by molar-refractivity contribution is 7.92. The lowest BCUT2D eigenvalue weighted by atomic mass is 9.85. The Balaban J connectivity index is 1.69. The third kappa shape index (κ3) is 5.96. The Hall–Kier alpha value is -2.75. The number of nitrogens with zero attached hydrogens (tertiary/aromatic N) is 1. The van der Waals surface area contributed by atoms with Gasteiger partial charge in [-0.05, 0) is 43.0 Å². The maximum absolute atomic E-state index is 13.6. The first-order chi connectivity index (χ1) is 16.3. The van der Waals surface area contributed by atoms with Gasteiger partial charge in [-0.15, -0.1) is 0 Å². The van der Waals surface area contributed by atoms with Crippen LogP contribution in [0, 0.1) is 11.7 Å². The van der Waals surface area contributed by atoms with E-state index in [0.717, 1.165) is 0 Å². The highest BCUT2D eigenvalue weighted by atomic mass is 32.2. The monoisotopic (exact) mass is 562 g/mol. The van der Waals surface area contributed by atoms with Gasteiger partial charge in [-0.3, -0.25) is 4.79 Å². The molecule has 1 aliphatic carbocycles. The standard InChI is InChI=1S/C20H17F7N2O5S2/c1-35(31,32)16-6-12(20(25,26)27)9-28-17(16)18(30)29-8-10-2-14(3-10)36(33,34)15-5-11(19(22,23)24)4-13(21)7-15/h4-7,9-10,14H,2-3,8H2,1H3,(H,29,30)/t10-,14-. The van der Waals surface area contributed by atoms with Gasteiger partial charge in [0, 0.05) is 19.0 Å². The van der Waals surface area contributed by atoms with E-state index in [1.807, 2.05) is 0 Å². The molecule has 1 fully saturated rings. The summed E-state index contributed by atoms with van der Waals surface area (Å²) in [5.41, 5.74) is -3.62. The van der Waals surface area contributed by atoms with Crippen LogP contribution in [0.1, 0.15) is 34.5 Å². The molecule has 0 bridgehead atoms. The number of aromatic nitrogens is 1. The zero-order chi connectivity index (χ0) is 27.3. The predicted octanol–water partition coefficient (Wildman–Crippen LogP) is 3.64. The Kier molecular flexibility index (Phi) is 7.18. The molecule has 0 radical (unpaired) electrons. The van der Waals surface area contributed by atoms with Gasteiger partial charge in [-0.2, -0.15) is 26.3 Å². The molecular formula is C20H17F7N2O5S2. The maximum Gasteiger partial charge on any atom is 0.417 e. The number of carbonyl (C=O) groups excluding carboxylic acids is 1. The van der Waals surface area contributed by atoms with Crippen molar-refractivity contribution in [1.29, 1.82) is 0 Å². The third-order valence-electron chi connectivity index (χ3n) is 5.50. The lowest BCUT2D eigenvalue weighted by molar-refractivity contribution is -0.138. The molecule has 1 N–H and O–H groups in total. The molecule has 1 amide bonds. The number of halogens is 7. The highest BCUT2D eigenvalue weighted by Gasteiger charge is 2.41. The van der Waals surface area contributed by atoms with Crippen LogP contribution in [0.25, 0.3) is 0 Å². The second-order valence-corrected chi connectivity index (χ2v) is 12.4. The maximum atomic E-state index is 13.6. The Morgan fingerprint density at radius 1 is 0.972 bits per heavy atom. The topological polar surface area (TPSA) is 110 Å². The molecular weight excluding hydrogens is 545 g/mol. The van der Waals surface area contributed by atoms with Crippen molar-refractivity contribution < 1.29 is 52.4 Å².